The highest BCUT2D eigenvalue weighted by atomic mass is 16.1. The van der Waals surface area contributed by atoms with E-state index in [-0.39, 0.29) is 11.5 Å². The summed E-state index contributed by atoms with van der Waals surface area (Å²) in [4.78, 5) is 19.1. The summed E-state index contributed by atoms with van der Waals surface area (Å²) in [6, 6.07) is 0. The van der Waals surface area contributed by atoms with Gasteiger partial charge in [-0.2, -0.15) is 0 Å². The molecule has 1 rings (SSSR count). The highest BCUT2D eigenvalue weighted by Gasteiger charge is 2.11. The van der Waals surface area contributed by atoms with Crippen molar-refractivity contribution < 1.29 is 0 Å². The summed E-state index contributed by atoms with van der Waals surface area (Å²) in [5, 5.41) is 0. The molecule has 0 aliphatic heterocycles. The smallest absolute Gasteiger partial charge is 0.254 e. The average molecular weight is 208 g/mol. The number of rotatable bonds is 3. The first-order valence-corrected chi connectivity index (χ1v) is 5.51. The Morgan fingerprint density at radius 1 is 1.27 bits per heavy atom. The van der Waals surface area contributed by atoms with Crippen molar-refractivity contribution >= 4 is 0 Å². The lowest BCUT2D eigenvalue weighted by molar-refractivity contribution is 0.613. The van der Waals surface area contributed by atoms with Gasteiger partial charge in [-0.25, -0.2) is 4.98 Å². The first-order chi connectivity index (χ1) is 6.91. The van der Waals surface area contributed by atoms with Gasteiger partial charge in [0.25, 0.3) is 5.56 Å². The van der Waals surface area contributed by atoms with E-state index in [1.54, 1.807) is 0 Å². The molecule has 0 fully saturated rings. The molecule has 0 saturated heterocycles. The number of hydrogen-bond donors (Lipinski definition) is 1. The zero-order chi connectivity index (χ0) is 11.6. The Morgan fingerprint density at radius 3 is 2.27 bits per heavy atom. The average Bonchev–Trinajstić information content (AvgIpc) is 1.99. The van der Waals surface area contributed by atoms with Gasteiger partial charge < -0.3 is 4.98 Å². The van der Waals surface area contributed by atoms with Crippen molar-refractivity contribution in [3.8, 4) is 0 Å². The fourth-order valence-corrected chi connectivity index (χ4v) is 1.82. The lowest BCUT2D eigenvalue weighted by atomic mass is 10.0. The maximum atomic E-state index is 11.8. The van der Waals surface area contributed by atoms with Gasteiger partial charge in [-0.05, 0) is 18.8 Å². The number of aromatic nitrogens is 2. The second-order valence-electron chi connectivity index (χ2n) is 4.76. The van der Waals surface area contributed by atoms with Crippen molar-refractivity contribution in [2.75, 3.05) is 0 Å². The fourth-order valence-electron chi connectivity index (χ4n) is 1.82. The second-order valence-corrected chi connectivity index (χ2v) is 4.76. The minimum Gasteiger partial charge on any atom is -0.310 e. The van der Waals surface area contributed by atoms with Gasteiger partial charge in [0.15, 0.2) is 0 Å². The van der Waals surface area contributed by atoms with Crippen LogP contribution in [0.4, 0.5) is 0 Å². The summed E-state index contributed by atoms with van der Waals surface area (Å²) in [5.74, 6) is 1.55. The van der Waals surface area contributed by atoms with E-state index in [1.165, 1.54) is 0 Å². The Kier molecular flexibility index (Phi) is 3.66. The third kappa shape index (κ3) is 2.91. The molecule has 0 aliphatic carbocycles. The molecule has 0 atom stereocenters. The number of aromatic amines is 1. The van der Waals surface area contributed by atoms with E-state index in [1.807, 2.05) is 20.8 Å². The number of H-pyrrole nitrogens is 1. The summed E-state index contributed by atoms with van der Waals surface area (Å²) in [7, 11) is 0. The van der Waals surface area contributed by atoms with E-state index < -0.39 is 0 Å². The lowest BCUT2D eigenvalue weighted by Gasteiger charge is -2.10. The van der Waals surface area contributed by atoms with Gasteiger partial charge in [-0.1, -0.05) is 27.7 Å². The Balaban J connectivity index is 3.14. The van der Waals surface area contributed by atoms with Crippen LogP contribution in [0.2, 0.25) is 0 Å². The Bertz CT molecular complexity index is 391. The third-order valence-electron chi connectivity index (χ3n) is 2.37. The number of hydrogen-bond acceptors (Lipinski definition) is 2. The first-order valence-electron chi connectivity index (χ1n) is 5.51. The molecule has 0 aliphatic rings. The molecule has 0 saturated carbocycles. The molecular formula is C12H20N2O. The van der Waals surface area contributed by atoms with Gasteiger partial charge in [0.2, 0.25) is 0 Å². The topological polar surface area (TPSA) is 45.8 Å². The zero-order valence-electron chi connectivity index (χ0n) is 10.2. The number of aryl methyl sites for hydroxylation is 1. The highest BCUT2D eigenvalue weighted by Crippen LogP contribution is 2.13. The van der Waals surface area contributed by atoms with Gasteiger partial charge in [0.05, 0.1) is 0 Å². The molecule has 0 spiro atoms. The molecule has 15 heavy (non-hydrogen) atoms. The predicted octanol–water partition coefficient (Wildman–Crippen LogP) is 2.40. The molecular weight excluding hydrogens is 188 g/mol. The van der Waals surface area contributed by atoms with Crippen LogP contribution in [0.25, 0.3) is 0 Å². The molecule has 3 heteroatoms. The third-order valence-corrected chi connectivity index (χ3v) is 2.37. The quantitative estimate of drug-likeness (QED) is 0.829. The van der Waals surface area contributed by atoms with Crippen LogP contribution in [-0.2, 0) is 6.42 Å². The van der Waals surface area contributed by atoms with Crippen LogP contribution in [0.5, 0.6) is 0 Å². The molecule has 0 amide bonds. The van der Waals surface area contributed by atoms with Crippen LogP contribution in [-0.4, -0.2) is 9.97 Å². The predicted molar refractivity (Wildman–Crippen MR) is 62.2 cm³/mol. The summed E-state index contributed by atoms with van der Waals surface area (Å²) < 4.78 is 0. The summed E-state index contributed by atoms with van der Waals surface area (Å²) in [6.45, 7) is 10.2. The largest absolute Gasteiger partial charge is 0.310 e. The molecule has 0 unspecified atom stereocenters. The van der Waals surface area contributed by atoms with Gasteiger partial charge in [0.1, 0.15) is 5.82 Å². The minimum atomic E-state index is 0.0214. The fraction of sp³-hybridized carbons (Fsp3) is 0.667. The van der Waals surface area contributed by atoms with E-state index >= 15 is 0 Å². The second kappa shape index (κ2) is 4.60. The maximum absolute atomic E-state index is 11.8. The zero-order valence-corrected chi connectivity index (χ0v) is 10.2. The van der Waals surface area contributed by atoms with E-state index in [0.717, 1.165) is 23.5 Å². The lowest BCUT2D eigenvalue weighted by Crippen LogP contribution is -2.20. The van der Waals surface area contributed by atoms with E-state index in [4.69, 9.17) is 0 Å². The van der Waals surface area contributed by atoms with Crippen LogP contribution >= 0.6 is 0 Å². The van der Waals surface area contributed by atoms with Crippen molar-refractivity contribution in [2.45, 2.75) is 47.0 Å². The molecule has 1 heterocycles. The normalized spacial score (nSPS) is 11.4. The Hall–Kier alpha value is -1.12. The Morgan fingerprint density at radius 2 is 1.87 bits per heavy atom. The first kappa shape index (κ1) is 12.0. The molecule has 1 aromatic rings. The maximum Gasteiger partial charge on any atom is 0.254 e. The summed E-state index contributed by atoms with van der Waals surface area (Å²) in [5.41, 5.74) is 1.69. The minimum absolute atomic E-state index is 0.0214. The highest BCUT2D eigenvalue weighted by molar-refractivity contribution is 5.20. The van der Waals surface area contributed by atoms with E-state index in [0.29, 0.717) is 5.92 Å². The van der Waals surface area contributed by atoms with Gasteiger partial charge in [0, 0.05) is 17.7 Å². The molecule has 0 aromatic carbocycles. The molecule has 84 valence electrons. The SMILES string of the molecule is Cc1nc(CC(C)C)[nH]c(=O)c1C(C)C. The van der Waals surface area contributed by atoms with E-state index in [2.05, 4.69) is 23.8 Å². The van der Waals surface area contributed by atoms with Crippen molar-refractivity contribution in [3.63, 3.8) is 0 Å². The van der Waals surface area contributed by atoms with Crippen molar-refractivity contribution in [2.24, 2.45) is 5.92 Å². The van der Waals surface area contributed by atoms with Crippen LogP contribution < -0.4 is 5.56 Å². The van der Waals surface area contributed by atoms with Crippen molar-refractivity contribution in [1.82, 2.24) is 9.97 Å². The molecule has 0 radical (unpaired) electrons. The molecule has 1 N–H and O–H groups in total. The van der Waals surface area contributed by atoms with Crippen LogP contribution in [0.15, 0.2) is 4.79 Å². The van der Waals surface area contributed by atoms with Crippen molar-refractivity contribution in [1.29, 1.82) is 0 Å². The summed E-state index contributed by atoms with van der Waals surface area (Å²) in [6.07, 6.45) is 0.828. The van der Waals surface area contributed by atoms with Crippen LogP contribution in [0.3, 0.4) is 0 Å². The molecule has 1 aromatic heterocycles. The van der Waals surface area contributed by atoms with Crippen LogP contribution in [0, 0.1) is 12.8 Å². The van der Waals surface area contributed by atoms with Crippen LogP contribution in [0.1, 0.15) is 50.7 Å². The summed E-state index contributed by atoms with van der Waals surface area (Å²) >= 11 is 0. The van der Waals surface area contributed by atoms with Gasteiger partial charge in [-0.3, -0.25) is 4.79 Å². The molecule has 3 nitrogen and oxygen atoms in total. The molecule has 0 bridgehead atoms. The number of nitrogens with zero attached hydrogens (tertiary/aromatic N) is 1. The van der Waals surface area contributed by atoms with Gasteiger partial charge >= 0.3 is 0 Å². The van der Waals surface area contributed by atoms with Crippen molar-refractivity contribution in [3.05, 3.63) is 27.4 Å². The van der Waals surface area contributed by atoms with E-state index in [9.17, 15) is 4.79 Å². The standard InChI is InChI=1S/C12H20N2O/c1-7(2)6-10-13-9(5)11(8(3)4)12(15)14-10/h7-8H,6H2,1-5H3,(H,13,14,15). The van der Waals surface area contributed by atoms with Gasteiger partial charge in [-0.15, -0.1) is 0 Å². The monoisotopic (exact) mass is 208 g/mol. The number of nitrogens with one attached hydrogen (secondary N) is 1. The Labute approximate surface area is 91.0 Å².